The molecule has 0 aliphatic rings. The number of carbonyl (C=O) groups excluding carboxylic acids is 2. The summed E-state index contributed by atoms with van der Waals surface area (Å²) >= 11 is 1.00. The van der Waals surface area contributed by atoms with Gasteiger partial charge in [0.05, 0.1) is 13.1 Å². The highest BCUT2D eigenvalue weighted by Crippen LogP contribution is 2.21. The minimum absolute atomic E-state index is 0.385. The number of methoxy groups -OCH3 is 1. The summed E-state index contributed by atoms with van der Waals surface area (Å²) in [6.07, 6.45) is -0.552. The van der Waals surface area contributed by atoms with Crippen LogP contribution in [0.4, 0.5) is 0 Å². The second-order valence-electron chi connectivity index (χ2n) is 3.54. The Hall–Kier alpha value is -1.69. The summed E-state index contributed by atoms with van der Waals surface area (Å²) < 4.78 is 4.99. The van der Waals surface area contributed by atoms with E-state index in [1.165, 1.54) is 0 Å². The molecule has 0 amide bonds. The molecule has 18 heavy (non-hydrogen) atoms. The molecule has 1 atom stereocenters. The van der Waals surface area contributed by atoms with Crippen LogP contribution in [0.15, 0.2) is 24.3 Å². The lowest BCUT2D eigenvalue weighted by Crippen LogP contribution is -2.38. The van der Waals surface area contributed by atoms with E-state index in [0.717, 1.165) is 17.3 Å². The predicted molar refractivity (Wildman–Crippen MR) is 62.7 cm³/mol. The molecule has 0 aliphatic heterocycles. The Kier molecular flexibility index (Phi) is 5.51. The summed E-state index contributed by atoms with van der Waals surface area (Å²) in [4.78, 5) is 21.1. The predicted octanol–water partition coefficient (Wildman–Crippen LogP) is -0.813. The highest BCUT2D eigenvalue weighted by molar-refractivity contribution is 7.99. The number of aliphatic carboxylic acids is 2. The largest absolute Gasteiger partial charge is 0.550 e. The number of carboxylic acids is 2. The van der Waals surface area contributed by atoms with Crippen LogP contribution >= 0.6 is 11.8 Å². The van der Waals surface area contributed by atoms with Gasteiger partial charge in [0.25, 0.3) is 0 Å². The van der Waals surface area contributed by atoms with Crippen molar-refractivity contribution in [2.24, 2.45) is 0 Å². The fourth-order valence-electron chi connectivity index (χ4n) is 1.28. The average Bonchev–Trinajstić information content (AvgIpc) is 2.34. The van der Waals surface area contributed by atoms with Crippen LogP contribution in [0.3, 0.4) is 0 Å². The summed E-state index contributed by atoms with van der Waals surface area (Å²) in [6.45, 7) is 0. The molecule has 0 radical (unpaired) electrons. The fraction of sp³-hybridized carbons (Fsp3) is 0.333. The van der Waals surface area contributed by atoms with Crippen molar-refractivity contribution >= 4 is 23.7 Å². The third-order valence-corrected chi connectivity index (χ3v) is 3.49. The van der Waals surface area contributed by atoms with Crippen molar-refractivity contribution in [3.05, 3.63) is 29.8 Å². The van der Waals surface area contributed by atoms with E-state index < -0.39 is 23.6 Å². The topological polar surface area (TPSA) is 89.5 Å². The molecule has 1 aromatic carbocycles. The van der Waals surface area contributed by atoms with Crippen LogP contribution < -0.4 is 14.9 Å². The number of carbonyl (C=O) groups is 2. The quantitative estimate of drug-likeness (QED) is 0.642. The smallest absolute Gasteiger partial charge is 0.118 e. The van der Waals surface area contributed by atoms with Crippen LogP contribution in [0, 0.1) is 0 Å². The zero-order valence-electron chi connectivity index (χ0n) is 9.75. The number of hydrogen-bond acceptors (Lipinski definition) is 6. The Morgan fingerprint density at radius 2 is 1.89 bits per heavy atom. The maximum atomic E-state index is 10.7. The average molecular weight is 268 g/mol. The van der Waals surface area contributed by atoms with Gasteiger partial charge in [0.15, 0.2) is 0 Å². The van der Waals surface area contributed by atoms with Crippen LogP contribution in [-0.4, -0.2) is 24.3 Å². The minimum Gasteiger partial charge on any atom is -0.550 e. The first-order valence-electron chi connectivity index (χ1n) is 5.18. The third kappa shape index (κ3) is 4.67. The standard InChI is InChI=1S/C12H14O5S/c1-17-9-4-2-8(3-5-9)7-18-10(12(15)16)6-11(13)14/h2-5,10H,6-7H2,1H3,(H,13,14)(H,15,16)/p-2/t10-/m0/s1. The fourth-order valence-corrected chi connectivity index (χ4v) is 2.26. The molecule has 0 aliphatic carbocycles. The molecule has 0 bridgehead atoms. The molecule has 1 rings (SSSR count). The molecule has 0 unspecified atom stereocenters. The first-order chi connectivity index (χ1) is 8.52. The van der Waals surface area contributed by atoms with Crippen molar-refractivity contribution < 1.29 is 24.5 Å². The molecule has 0 saturated carbocycles. The van der Waals surface area contributed by atoms with Gasteiger partial charge in [0.2, 0.25) is 0 Å². The van der Waals surface area contributed by atoms with E-state index in [-0.39, 0.29) is 0 Å². The number of ether oxygens (including phenoxy) is 1. The number of benzene rings is 1. The highest BCUT2D eigenvalue weighted by atomic mass is 32.2. The third-order valence-electron chi connectivity index (χ3n) is 2.23. The highest BCUT2D eigenvalue weighted by Gasteiger charge is 2.11. The van der Waals surface area contributed by atoms with Crippen molar-refractivity contribution in [2.75, 3.05) is 7.11 Å². The van der Waals surface area contributed by atoms with Gasteiger partial charge < -0.3 is 24.5 Å². The molecular formula is C12H12O5S-2. The van der Waals surface area contributed by atoms with Crippen molar-refractivity contribution in [3.63, 3.8) is 0 Å². The van der Waals surface area contributed by atoms with E-state index in [9.17, 15) is 19.8 Å². The molecule has 0 fully saturated rings. The van der Waals surface area contributed by atoms with Gasteiger partial charge in [0, 0.05) is 23.4 Å². The van der Waals surface area contributed by atoms with Crippen LogP contribution in [-0.2, 0) is 15.3 Å². The van der Waals surface area contributed by atoms with Gasteiger partial charge in [-0.1, -0.05) is 12.1 Å². The zero-order chi connectivity index (χ0) is 13.5. The van der Waals surface area contributed by atoms with Crippen LogP contribution in [0.5, 0.6) is 5.75 Å². The van der Waals surface area contributed by atoms with E-state index in [0.29, 0.717) is 11.5 Å². The normalized spacial score (nSPS) is 11.8. The van der Waals surface area contributed by atoms with Crippen molar-refractivity contribution in [3.8, 4) is 5.75 Å². The first kappa shape index (κ1) is 14.4. The molecule has 0 heterocycles. The van der Waals surface area contributed by atoms with Gasteiger partial charge in [-0.05, 0) is 17.7 Å². The minimum atomic E-state index is -1.40. The van der Waals surface area contributed by atoms with Gasteiger partial charge in [-0.3, -0.25) is 0 Å². The Morgan fingerprint density at radius 1 is 1.28 bits per heavy atom. The lowest BCUT2D eigenvalue weighted by molar-refractivity contribution is -0.314. The summed E-state index contributed by atoms with van der Waals surface area (Å²) in [5.74, 6) is -1.70. The Morgan fingerprint density at radius 3 is 2.33 bits per heavy atom. The Bertz CT molecular complexity index is 415. The van der Waals surface area contributed by atoms with Crippen LogP contribution in [0.2, 0.25) is 0 Å². The van der Waals surface area contributed by atoms with Gasteiger partial charge in [-0.15, -0.1) is 11.8 Å². The van der Waals surface area contributed by atoms with E-state index in [1.807, 2.05) is 0 Å². The molecular weight excluding hydrogens is 256 g/mol. The molecule has 0 spiro atoms. The van der Waals surface area contributed by atoms with E-state index in [2.05, 4.69) is 0 Å². The lowest BCUT2D eigenvalue weighted by Gasteiger charge is -2.18. The zero-order valence-corrected chi connectivity index (χ0v) is 10.6. The van der Waals surface area contributed by atoms with Crippen molar-refractivity contribution in [2.45, 2.75) is 17.4 Å². The molecule has 6 heteroatoms. The van der Waals surface area contributed by atoms with E-state index in [4.69, 9.17) is 4.74 Å². The molecule has 1 aromatic rings. The van der Waals surface area contributed by atoms with Crippen LogP contribution in [0.25, 0.3) is 0 Å². The van der Waals surface area contributed by atoms with Gasteiger partial charge in [-0.2, -0.15) is 0 Å². The van der Waals surface area contributed by atoms with Gasteiger partial charge in [-0.25, -0.2) is 0 Å². The molecule has 0 saturated heterocycles. The second-order valence-corrected chi connectivity index (χ2v) is 4.73. The number of rotatable bonds is 7. The van der Waals surface area contributed by atoms with Gasteiger partial charge >= 0.3 is 0 Å². The summed E-state index contributed by atoms with van der Waals surface area (Å²) in [7, 11) is 1.55. The van der Waals surface area contributed by atoms with E-state index >= 15 is 0 Å². The Labute approximate surface area is 109 Å². The SMILES string of the molecule is COc1ccc(CS[C@@H](CC(=O)[O-])C(=O)[O-])cc1. The number of thioether (sulfide) groups is 1. The second kappa shape index (κ2) is 6.90. The molecule has 0 aromatic heterocycles. The van der Waals surface area contributed by atoms with Gasteiger partial charge in [0.1, 0.15) is 5.75 Å². The summed E-state index contributed by atoms with van der Waals surface area (Å²) in [5.41, 5.74) is 0.880. The van der Waals surface area contributed by atoms with Crippen LogP contribution in [0.1, 0.15) is 12.0 Å². The Balaban J connectivity index is 2.55. The molecule has 5 nitrogen and oxygen atoms in total. The first-order valence-corrected chi connectivity index (χ1v) is 6.23. The summed E-state index contributed by atoms with van der Waals surface area (Å²) in [6, 6.07) is 7.08. The lowest BCUT2D eigenvalue weighted by atomic mass is 10.2. The number of carboxylic acid groups (broad SMARTS) is 2. The molecule has 98 valence electrons. The van der Waals surface area contributed by atoms with E-state index in [1.54, 1.807) is 31.4 Å². The number of hydrogen-bond donors (Lipinski definition) is 0. The summed E-state index contributed by atoms with van der Waals surface area (Å²) in [5, 5.41) is 20.0. The molecule has 0 N–H and O–H groups in total. The maximum Gasteiger partial charge on any atom is 0.118 e. The maximum absolute atomic E-state index is 10.7. The van der Waals surface area contributed by atoms with Crippen molar-refractivity contribution in [1.29, 1.82) is 0 Å². The van der Waals surface area contributed by atoms with Crippen molar-refractivity contribution in [1.82, 2.24) is 0 Å². The monoisotopic (exact) mass is 268 g/mol.